The molecule has 0 aliphatic heterocycles. The largest absolute Gasteiger partial charge is 0.337 e. The number of rotatable bonds is 5. The molecule has 0 fully saturated rings. The average molecular weight is 333 g/mol. The predicted molar refractivity (Wildman–Crippen MR) is 78.1 cm³/mol. The molecule has 0 unspecified atom stereocenters. The monoisotopic (exact) mass is 332 g/mol. The van der Waals surface area contributed by atoms with Gasteiger partial charge in [-0.3, -0.25) is 4.21 Å². The summed E-state index contributed by atoms with van der Waals surface area (Å²) in [5.41, 5.74) is 2.20. The highest BCUT2D eigenvalue weighted by Gasteiger charge is 2.03. The van der Waals surface area contributed by atoms with Gasteiger partial charge >= 0.3 is 6.03 Å². The lowest BCUT2D eigenvalue weighted by molar-refractivity contribution is 0.241. The molecule has 0 saturated carbocycles. The number of carbonyl (C=O) groups is 1. The van der Waals surface area contributed by atoms with E-state index in [1.165, 1.54) is 0 Å². The van der Waals surface area contributed by atoms with Crippen LogP contribution in [0.5, 0.6) is 0 Å². The average Bonchev–Trinajstić information content (AvgIpc) is 2.27. The molecule has 100 valence electrons. The number of amides is 2. The summed E-state index contributed by atoms with van der Waals surface area (Å²) < 4.78 is 11.8. The van der Waals surface area contributed by atoms with Crippen LogP contribution in [0.15, 0.2) is 22.7 Å². The highest BCUT2D eigenvalue weighted by Crippen LogP contribution is 2.15. The summed E-state index contributed by atoms with van der Waals surface area (Å²) in [5.74, 6) is 0.477. The maximum absolute atomic E-state index is 11.4. The first-order valence-corrected chi connectivity index (χ1v) is 8.08. The number of aryl methyl sites for hydroxylation is 1. The van der Waals surface area contributed by atoms with E-state index in [0.29, 0.717) is 18.8 Å². The van der Waals surface area contributed by atoms with Crippen molar-refractivity contribution >= 4 is 32.8 Å². The molecule has 0 spiro atoms. The molecule has 0 bridgehead atoms. The van der Waals surface area contributed by atoms with Gasteiger partial charge in [0.2, 0.25) is 0 Å². The minimum Gasteiger partial charge on any atom is -0.337 e. The van der Waals surface area contributed by atoms with Crippen LogP contribution >= 0.6 is 15.9 Å². The molecule has 1 atom stereocenters. The van der Waals surface area contributed by atoms with E-state index in [1.807, 2.05) is 25.1 Å². The Hall–Kier alpha value is -0.880. The Kier molecular flexibility index (Phi) is 6.35. The maximum Gasteiger partial charge on any atom is 0.315 e. The molecule has 2 amide bonds. The molecule has 18 heavy (non-hydrogen) atoms. The Bertz CT molecular complexity index is 452. The molecule has 2 N–H and O–H groups in total. The van der Waals surface area contributed by atoms with E-state index < -0.39 is 10.8 Å². The van der Waals surface area contributed by atoms with Crippen molar-refractivity contribution in [3.05, 3.63) is 33.8 Å². The fourth-order valence-electron chi connectivity index (χ4n) is 1.40. The van der Waals surface area contributed by atoms with Crippen LogP contribution in [-0.2, 0) is 17.3 Å². The Morgan fingerprint density at radius 2 is 2.11 bits per heavy atom. The summed E-state index contributed by atoms with van der Waals surface area (Å²) >= 11 is 3.40. The number of benzene rings is 1. The van der Waals surface area contributed by atoms with Crippen LogP contribution in [0.1, 0.15) is 11.1 Å². The lowest BCUT2D eigenvalue weighted by Gasteiger charge is -2.09. The van der Waals surface area contributed by atoms with Crippen molar-refractivity contribution in [2.24, 2.45) is 0 Å². The molecule has 1 aromatic carbocycles. The van der Waals surface area contributed by atoms with Crippen molar-refractivity contribution in [1.29, 1.82) is 0 Å². The molecule has 0 radical (unpaired) electrons. The van der Waals surface area contributed by atoms with Crippen molar-refractivity contribution in [2.75, 3.05) is 18.6 Å². The topological polar surface area (TPSA) is 58.2 Å². The molecule has 0 heterocycles. The third kappa shape index (κ3) is 5.64. The van der Waals surface area contributed by atoms with Crippen LogP contribution in [0.3, 0.4) is 0 Å². The zero-order valence-electron chi connectivity index (χ0n) is 10.5. The van der Waals surface area contributed by atoms with Crippen LogP contribution in [0.4, 0.5) is 4.79 Å². The van der Waals surface area contributed by atoms with Crippen molar-refractivity contribution < 1.29 is 9.00 Å². The number of hydrogen-bond donors (Lipinski definition) is 2. The summed E-state index contributed by atoms with van der Waals surface area (Å²) in [4.78, 5) is 11.4. The SMILES string of the molecule is Cc1cc(Br)ccc1CNC(=O)NCC[S@](C)=O. The van der Waals surface area contributed by atoms with Gasteiger partial charge in [0, 0.05) is 40.4 Å². The third-order valence-corrected chi connectivity index (χ3v) is 3.69. The standard InChI is InChI=1S/C12H17BrN2O2S/c1-9-7-11(13)4-3-10(9)8-15-12(16)14-5-6-18(2)17/h3-4,7H,5-6,8H2,1-2H3,(H2,14,15,16)/t18-/m0/s1. The first-order chi connectivity index (χ1) is 8.49. The predicted octanol–water partition coefficient (Wildman–Crippen LogP) is 1.94. The zero-order valence-corrected chi connectivity index (χ0v) is 12.9. The maximum atomic E-state index is 11.4. The van der Waals surface area contributed by atoms with Crippen LogP contribution in [0, 0.1) is 6.92 Å². The molecule has 0 saturated heterocycles. The first-order valence-electron chi connectivity index (χ1n) is 5.56. The number of urea groups is 1. The highest BCUT2D eigenvalue weighted by atomic mass is 79.9. The van der Waals surface area contributed by atoms with E-state index in [2.05, 4.69) is 26.6 Å². The van der Waals surface area contributed by atoms with Crippen LogP contribution in [0.2, 0.25) is 0 Å². The van der Waals surface area contributed by atoms with E-state index in [9.17, 15) is 9.00 Å². The van der Waals surface area contributed by atoms with Gasteiger partial charge < -0.3 is 10.6 Å². The summed E-state index contributed by atoms with van der Waals surface area (Å²) in [7, 11) is -0.876. The van der Waals surface area contributed by atoms with Crippen LogP contribution in [0.25, 0.3) is 0 Å². The Morgan fingerprint density at radius 3 is 2.72 bits per heavy atom. The second kappa shape index (κ2) is 7.53. The van der Waals surface area contributed by atoms with Gasteiger partial charge in [-0.2, -0.15) is 0 Å². The van der Waals surface area contributed by atoms with Gasteiger partial charge in [0.15, 0.2) is 0 Å². The van der Waals surface area contributed by atoms with Gasteiger partial charge in [-0.25, -0.2) is 4.79 Å². The van der Waals surface area contributed by atoms with E-state index in [4.69, 9.17) is 0 Å². The second-order valence-corrected chi connectivity index (χ2v) is 6.43. The fraction of sp³-hybridized carbons (Fsp3) is 0.417. The number of halogens is 1. The number of carbonyl (C=O) groups excluding carboxylic acids is 1. The Balaban J connectivity index is 2.36. The van der Waals surface area contributed by atoms with Gasteiger partial charge in [-0.05, 0) is 30.2 Å². The zero-order chi connectivity index (χ0) is 13.5. The molecular weight excluding hydrogens is 316 g/mol. The molecule has 0 aliphatic rings. The van der Waals surface area contributed by atoms with Crippen molar-refractivity contribution in [1.82, 2.24) is 10.6 Å². The fourth-order valence-corrected chi connectivity index (χ4v) is 2.27. The van der Waals surface area contributed by atoms with Crippen LogP contribution < -0.4 is 10.6 Å². The van der Waals surface area contributed by atoms with Crippen molar-refractivity contribution in [2.45, 2.75) is 13.5 Å². The Morgan fingerprint density at radius 1 is 1.39 bits per heavy atom. The summed E-state index contributed by atoms with van der Waals surface area (Å²) in [6, 6.07) is 5.70. The van der Waals surface area contributed by atoms with Gasteiger partial charge in [-0.1, -0.05) is 22.0 Å². The van der Waals surface area contributed by atoms with Gasteiger partial charge in [0.25, 0.3) is 0 Å². The third-order valence-electron chi connectivity index (χ3n) is 2.42. The molecule has 4 nitrogen and oxygen atoms in total. The van der Waals surface area contributed by atoms with E-state index >= 15 is 0 Å². The number of nitrogens with one attached hydrogen (secondary N) is 2. The van der Waals surface area contributed by atoms with Crippen molar-refractivity contribution in [3.8, 4) is 0 Å². The number of hydrogen-bond acceptors (Lipinski definition) is 2. The molecular formula is C12H17BrN2O2S. The van der Waals surface area contributed by atoms with E-state index in [0.717, 1.165) is 15.6 Å². The van der Waals surface area contributed by atoms with Gasteiger partial charge in [0.05, 0.1) is 0 Å². The lowest BCUT2D eigenvalue weighted by Crippen LogP contribution is -2.37. The molecule has 6 heteroatoms. The summed E-state index contributed by atoms with van der Waals surface area (Å²) in [5, 5.41) is 5.43. The summed E-state index contributed by atoms with van der Waals surface area (Å²) in [6.07, 6.45) is 1.62. The highest BCUT2D eigenvalue weighted by molar-refractivity contribution is 9.10. The molecule has 0 aromatic heterocycles. The van der Waals surface area contributed by atoms with Crippen LogP contribution in [-0.4, -0.2) is 28.8 Å². The normalized spacial score (nSPS) is 11.9. The quantitative estimate of drug-likeness (QED) is 0.865. The summed E-state index contributed by atoms with van der Waals surface area (Å²) in [6.45, 7) is 2.91. The second-order valence-electron chi connectivity index (χ2n) is 3.96. The molecule has 0 aliphatic carbocycles. The first kappa shape index (κ1) is 15.2. The smallest absolute Gasteiger partial charge is 0.315 e. The molecule has 1 aromatic rings. The Labute approximate surface area is 118 Å². The van der Waals surface area contributed by atoms with Gasteiger partial charge in [-0.15, -0.1) is 0 Å². The minimum atomic E-state index is -0.876. The van der Waals surface area contributed by atoms with Crippen molar-refractivity contribution in [3.63, 3.8) is 0 Å². The minimum absolute atomic E-state index is 0.234. The lowest BCUT2D eigenvalue weighted by atomic mass is 10.1. The van der Waals surface area contributed by atoms with E-state index in [1.54, 1.807) is 6.26 Å². The molecule has 1 rings (SSSR count). The van der Waals surface area contributed by atoms with Gasteiger partial charge in [0.1, 0.15) is 0 Å². The van der Waals surface area contributed by atoms with E-state index in [-0.39, 0.29) is 6.03 Å².